The molecule has 0 unspecified atom stereocenters. The lowest BCUT2D eigenvalue weighted by Gasteiger charge is -2.27. The first-order valence-electron chi connectivity index (χ1n) is 6.20. The largest absolute Gasteiger partial charge is 0.384 e. The minimum atomic E-state index is -0.837. The molecule has 0 saturated carbocycles. The third-order valence-corrected chi connectivity index (χ3v) is 4.34. The maximum absolute atomic E-state index is 10.7. The normalized spacial score (nSPS) is 14.3. The minimum absolute atomic E-state index is 0.517. The van der Waals surface area contributed by atoms with Crippen LogP contribution in [0.2, 0.25) is 0 Å². The molecule has 2 aromatic rings. The maximum atomic E-state index is 10.7. The Kier molecular flexibility index (Phi) is 5.10. The number of rotatable bonds is 6. The van der Waals surface area contributed by atoms with Crippen molar-refractivity contribution in [2.24, 2.45) is 0 Å². The van der Waals surface area contributed by atoms with Crippen LogP contribution >= 0.6 is 27.3 Å². The summed E-state index contributed by atoms with van der Waals surface area (Å²) in [6.45, 7) is 3.19. The molecule has 2 N–H and O–H groups in total. The highest BCUT2D eigenvalue weighted by atomic mass is 79.9. The van der Waals surface area contributed by atoms with E-state index < -0.39 is 5.60 Å². The monoisotopic (exact) mass is 340 g/mol. The van der Waals surface area contributed by atoms with Crippen LogP contribution in [0, 0.1) is 0 Å². The Balaban J connectivity index is 1.99. The van der Waals surface area contributed by atoms with Crippen LogP contribution in [0.4, 0.5) is 0 Å². The first-order chi connectivity index (χ1) is 9.14. The minimum Gasteiger partial charge on any atom is -0.384 e. The summed E-state index contributed by atoms with van der Waals surface area (Å²) in [5, 5.41) is 16.0. The van der Waals surface area contributed by atoms with Gasteiger partial charge in [0.25, 0.3) is 0 Å². The summed E-state index contributed by atoms with van der Waals surface area (Å²) in [4.78, 5) is 4.21. The van der Waals surface area contributed by atoms with Gasteiger partial charge in [-0.1, -0.05) is 35.0 Å². The third-order valence-electron chi connectivity index (χ3n) is 3.17. The summed E-state index contributed by atoms with van der Waals surface area (Å²) in [5.41, 5.74) is 2.93. The summed E-state index contributed by atoms with van der Waals surface area (Å²) < 4.78 is 1.02. The molecule has 3 nitrogen and oxygen atoms in total. The van der Waals surface area contributed by atoms with Gasteiger partial charge in [0.05, 0.1) is 11.2 Å². The van der Waals surface area contributed by atoms with Crippen LogP contribution in [0.1, 0.15) is 24.6 Å². The number of halogens is 1. The van der Waals surface area contributed by atoms with E-state index >= 15 is 0 Å². The highest BCUT2D eigenvalue weighted by Gasteiger charge is 2.26. The van der Waals surface area contributed by atoms with Crippen LogP contribution in [0.5, 0.6) is 0 Å². The summed E-state index contributed by atoms with van der Waals surface area (Å²) >= 11 is 4.99. The number of hydrogen-bond acceptors (Lipinski definition) is 4. The lowest BCUT2D eigenvalue weighted by Crippen LogP contribution is -2.37. The quantitative estimate of drug-likeness (QED) is 0.847. The van der Waals surface area contributed by atoms with E-state index in [-0.39, 0.29) is 0 Å². The lowest BCUT2D eigenvalue weighted by atomic mass is 9.91. The van der Waals surface area contributed by atoms with E-state index in [0.29, 0.717) is 19.5 Å². The van der Waals surface area contributed by atoms with E-state index in [4.69, 9.17) is 0 Å². The Bertz CT molecular complexity index is 501. The molecule has 102 valence electrons. The molecule has 1 aromatic heterocycles. The Hall–Kier alpha value is -0.750. The summed E-state index contributed by atoms with van der Waals surface area (Å²) in [5.74, 6) is 0. The molecular weight excluding hydrogens is 324 g/mol. The molecule has 0 fully saturated rings. The van der Waals surface area contributed by atoms with Gasteiger partial charge >= 0.3 is 0 Å². The first-order valence-corrected chi connectivity index (χ1v) is 7.94. The Morgan fingerprint density at radius 1 is 1.37 bits per heavy atom. The van der Waals surface area contributed by atoms with E-state index in [9.17, 15) is 5.11 Å². The van der Waals surface area contributed by atoms with Crippen molar-refractivity contribution < 1.29 is 5.11 Å². The van der Waals surface area contributed by atoms with Gasteiger partial charge in [0, 0.05) is 22.9 Å². The number of benzene rings is 1. The van der Waals surface area contributed by atoms with E-state index in [2.05, 4.69) is 26.2 Å². The van der Waals surface area contributed by atoms with Gasteiger partial charge in [-0.05, 0) is 24.1 Å². The second-order valence-corrected chi connectivity index (χ2v) is 6.11. The first kappa shape index (κ1) is 14.7. The van der Waals surface area contributed by atoms with Crippen molar-refractivity contribution >= 4 is 27.3 Å². The van der Waals surface area contributed by atoms with E-state index in [1.807, 2.05) is 42.1 Å². The fourth-order valence-corrected chi connectivity index (χ4v) is 2.74. The second-order valence-electron chi connectivity index (χ2n) is 4.48. The zero-order valence-corrected chi connectivity index (χ0v) is 13.2. The van der Waals surface area contributed by atoms with Crippen LogP contribution in [-0.4, -0.2) is 16.6 Å². The van der Waals surface area contributed by atoms with Gasteiger partial charge in [0.1, 0.15) is 5.60 Å². The highest BCUT2D eigenvalue weighted by molar-refractivity contribution is 9.10. The van der Waals surface area contributed by atoms with Gasteiger partial charge in [0.15, 0.2) is 0 Å². The van der Waals surface area contributed by atoms with Crippen LogP contribution in [-0.2, 0) is 12.1 Å². The number of aliphatic hydroxyl groups is 1. The highest BCUT2D eigenvalue weighted by Crippen LogP contribution is 2.25. The average molecular weight is 341 g/mol. The molecule has 0 spiro atoms. The van der Waals surface area contributed by atoms with Crippen LogP contribution in [0.25, 0.3) is 0 Å². The van der Waals surface area contributed by atoms with E-state index in [1.54, 1.807) is 11.3 Å². The standard InChI is InChI=1S/C14H17BrN2OS/c1-2-14(18,11-3-5-12(15)6-4-11)9-16-7-13-8-19-10-17-13/h3-6,8,10,16,18H,2,7,9H2,1H3/t14-/m1/s1. The number of aromatic nitrogens is 1. The van der Waals surface area contributed by atoms with Gasteiger partial charge in [-0.25, -0.2) is 4.98 Å². The third kappa shape index (κ3) is 3.86. The molecule has 19 heavy (non-hydrogen) atoms. The van der Waals surface area contributed by atoms with Crippen LogP contribution in [0.15, 0.2) is 39.6 Å². The van der Waals surface area contributed by atoms with E-state index in [0.717, 1.165) is 15.7 Å². The summed E-state index contributed by atoms with van der Waals surface area (Å²) in [6, 6.07) is 7.82. The molecule has 2 rings (SSSR count). The van der Waals surface area contributed by atoms with Crippen molar-refractivity contribution in [3.05, 3.63) is 50.9 Å². The molecular formula is C14H17BrN2OS. The maximum Gasteiger partial charge on any atom is 0.102 e. The molecule has 1 aromatic carbocycles. The fourth-order valence-electron chi connectivity index (χ4n) is 1.91. The molecule has 0 aliphatic rings. The van der Waals surface area contributed by atoms with Gasteiger partial charge in [0.2, 0.25) is 0 Å². The molecule has 1 heterocycles. The predicted molar refractivity (Wildman–Crippen MR) is 82.2 cm³/mol. The lowest BCUT2D eigenvalue weighted by molar-refractivity contribution is 0.0323. The van der Waals surface area contributed by atoms with Crippen molar-refractivity contribution in [1.82, 2.24) is 10.3 Å². The molecule has 0 radical (unpaired) electrons. The van der Waals surface area contributed by atoms with Crippen molar-refractivity contribution in [3.8, 4) is 0 Å². The topological polar surface area (TPSA) is 45.1 Å². The van der Waals surface area contributed by atoms with Gasteiger partial charge in [-0.15, -0.1) is 11.3 Å². The fraction of sp³-hybridized carbons (Fsp3) is 0.357. The van der Waals surface area contributed by atoms with Crippen LogP contribution < -0.4 is 5.32 Å². The second kappa shape index (κ2) is 6.61. The Labute approximate surface area is 125 Å². The summed E-state index contributed by atoms with van der Waals surface area (Å²) in [7, 11) is 0. The van der Waals surface area contributed by atoms with Gasteiger partial charge in [-0.3, -0.25) is 0 Å². The number of nitrogens with zero attached hydrogens (tertiary/aromatic N) is 1. The molecule has 0 aliphatic heterocycles. The molecule has 0 amide bonds. The molecule has 0 aliphatic carbocycles. The van der Waals surface area contributed by atoms with Crippen molar-refractivity contribution in [2.75, 3.05) is 6.54 Å². The number of hydrogen-bond donors (Lipinski definition) is 2. The van der Waals surface area contributed by atoms with E-state index in [1.165, 1.54) is 0 Å². The van der Waals surface area contributed by atoms with Crippen LogP contribution in [0.3, 0.4) is 0 Å². The van der Waals surface area contributed by atoms with Crippen molar-refractivity contribution in [2.45, 2.75) is 25.5 Å². The predicted octanol–water partition coefficient (Wildman–Crippen LogP) is 3.29. The molecule has 1 atom stereocenters. The Morgan fingerprint density at radius 3 is 2.68 bits per heavy atom. The van der Waals surface area contributed by atoms with Crippen molar-refractivity contribution in [1.29, 1.82) is 0 Å². The summed E-state index contributed by atoms with van der Waals surface area (Å²) in [6.07, 6.45) is 0.665. The average Bonchev–Trinajstić information content (AvgIpc) is 2.92. The zero-order chi connectivity index (χ0) is 13.7. The number of nitrogens with one attached hydrogen (secondary N) is 1. The van der Waals surface area contributed by atoms with Crippen molar-refractivity contribution in [3.63, 3.8) is 0 Å². The van der Waals surface area contributed by atoms with Gasteiger partial charge < -0.3 is 10.4 Å². The molecule has 0 saturated heterocycles. The zero-order valence-electron chi connectivity index (χ0n) is 10.8. The van der Waals surface area contributed by atoms with Gasteiger partial charge in [-0.2, -0.15) is 0 Å². The smallest absolute Gasteiger partial charge is 0.102 e. The Morgan fingerprint density at radius 2 is 2.11 bits per heavy atom. The SMILES string of the molecule is CC[C@@](O)(CNCc1cscn1)c1ccc(Br)cc1. The molecule has 0 bridgehead atoms. The number of thiazole rings is 1. The molecule has 5 heteroatoms.